The van der Waals surface area contributed by atoms with Gasteiger partial charge >= 0.3 is 0 Å². The van der Waals surface area contributed by atoms with E-state index in [0.717, 1.165) is 11.1 Å². The Morgan fingerprint density at radius 2 is 1.73 bits per heavy atom. The van der Waals surface area contributed by atoms with Gasteiger partial charge in [-0.05, 0) is 64.8 Å². The standard InChI is InChI=1S/C18H29N3O4S/c1-12-7-8-15(11-13(12)2)26(24,25)19-10-9-16(22)20-14(3)17(23)21-18(4,5)6/h7-8,11,14,19H,9-10H2,1-6H3,(H,20,22)(H,21,23). The second kappa shape index (κ2) is 8.64. The van der Waals surface area contributed by atoms with Gasteiger partial charge in [0.15, 0.2) is 0 Å². The number of hydrogen-bond acceptors (Lipinski definition) is 4. The van der Waals surface area contributed by atoms with Crippen LogP contribution < -0.4 is 15.4 Å². The largest absolute Gasteiger partial charge is 0.350 e. The third kappa shape index (κ3) is 7.13. The van der Waals surface area contributed by atoms with Crippen molar-refractivity contribution in [3.8, 4) is 0 Å². The summed E-state index contributed by atoms with van der Waals surface area (Å²) in [4.78, 5) is 24.0. The molecule has 1 atom stereocenters. The fourth-order valence-electron chi connectivity index (χ4n) is 2.12. The highest BCUT2D eigenvalue weighted by molar-refractivity contribution is 7.89. The number of benzene rings is 1. The molecule has 0 radical (unpaired) electrons. The summed E-state index contributed by atoms with van der Waals surface area (Å²) >= 11 is 0. The molecule has 0 aliphatic carbocycles. The molecule has 1 unspecified atom stereocenters. The highest BCUT2D eigenvalue weighted by Crippen LogP contribution is 2.14. The number of carbonyl (C=O) groups excluding carboxylic acids is 2. The van der Waals surface area contributed by atoms with Crippen LogP contribution in [0, 0.1) is 13.8 Å². The zero-order valence-corrected chi connectivity index (χ0v) is 17.1. The van der Waals surface area contributed by atoms with E-state index in [4.69, 9.17) is 0 Å². The molecule has 0 spiro atoms. The predicted molar refractivity (Wildman–Crippen MR) is 101 cm³/mol. The molecule has 0 bridgehead atoms. The van der Waals surface area contributed by atoms with Crippen LogP contribution in [0.5, 0.6) is 0 Å². The molecule has 8 heteroatoms. The lowest BCUT2D eigenvalue weighted by atomic mass is 10.1. The fourth-order valence-corrected chi connectivity index (χ4v) is 3.24. The first-order valence-electron chi connectivity index (χ1n) is 8.50. The summed E-state index contributed by atoms with van der Waals surface area (Å²) in [5.41, 5.74) is 1.49. The Kier molecular flexibility index (Phi) is 7.35. The third-order valence-electron chi connectivity index (χ3n) is 3.70. The van der Waals surface area contributed by atoms with Gasteiger partial charge in [-0.15, -0.1) is 0 Å². The van der Waals surface area contributed by atoms with Gasteiger partial charge in [0.25, 0.3) is 0 Å². The van der Waals surface area contributed by atoms with Crippen molar-refractivity contribution in [3.05, 3.63) is 29.3 Å². The van der Waals surface area contributed by atoms with Crippen LogP contribution in [-0.4, -0.2) is 38.4 Å². The van der Waals surface area contributed by atoms with E-state index in [-0.39, 0.29) is 23.8 Å². The molecular weight excluding hydrogens is 354 g/mol. The Labute approximate surface area is 156 Å². The molecular formula is C18H29N3O4S. The first-order valence-corrected chi connectivity index (χ1v) is 9.98. The summed E-state index contributed by atoms with van der Waals surface area (Å²) < 4.78 is 26.9. The van der Waals surface area contributed by atoms with Crippen LogP contribution in [0.25, 0.3) is 0 Å². The van der Waals surface area contributed by atoms with Crippen molar-refractivity contribution >= 4 is 21.8 Å². The average Bonchev–Trinajstić information content (AvgIpc) is 2.47. The van der Waals surface area contributed by atoms with E-state index in [1.807, 2.05) is 34.6 Å². The number of nitrogens with one attached hydrogen (secondary N) is 3. The number of carbonyl (C=O) groups is 2. The predicted octanol–water partition coefficient (Wildman–Crippen LogP) is 1.39. The topological polar surface area (TPSA) is 104 Å². The Balaban J connectivity index is 2.52. The van der Waals surface area contributed by atoms with Gasteiger partial charge in [-0.3, -0.25) is 9.59 Å². The monoisotopic (exact) mass is 383 g/mol. The second-order valence-corrected chi connectivity index (χ2v) is 9.19. The maximum atomic E-state index is 12.3. The molecule has 0 aliphatic heterocycles. The van der Waals surface area contributed by atoms with Gasteiger partial charge in [-0.25, -0.2) is 13.1 Å². The van der Waals surface area contributed by atoms with Crippen molar-refractivity contribution in [2.45, 2.75) is 64.4 Å². The van der Waals surface area contributed by atoms with Crippen LogP contribution in [0.3, 0.4) is 0 Å². The normalized spacial score (nSPS) is 13.2. The molecule has 26 heavy (non-hydrogen) atoms. The minimum Gasteiger partial charge on any atom is -0.350 e. The Morgan fingerprint density at radius 1 is 1.12 bits per heavy atom. The molecule has 1 rings (SSSR count). The van der Waals surface area contributed by atoms with Gasteiger partial charge in [0.2, 0.25) is 21.8 Å². The molecule has 0 fully saturated rings. The quantitative estimate of drug-likeness (QED) is 0.662. The summed E-state index contributed by atoms with van der Waals surface area (Å²) in [7, 11) is -3.67. The minimum absolute atomic E-state index is 0.0469. The maximum Gasteiger partial charge on any atom is 0.242 e. The molecule has 3 N–H and O–H groups in total. The van der Waals surface area contributed by atoms with Crippen molar-refractivity contribution in [1.82, 2.24) is 15.4 Å². The van der Waals surface area contributed by atoms with Crippen molar-refractivity contribution in [3.63, 3.8) is 0 Å². The van der Waals surface area contributed by atoms with E-state index in [9.17, 15) is 18.0 Å². The first kappa shape index (κ1) is 22.1. The van der Waals surface area contributed by atoms with E-state index in [1.54, 1.807) is 19.1 Å². The Bertz CT molecular complexity index is 767. The summed E-state index contributed by atoms with van der Waals surface area (Å²) in [5, 5.41) is 5.33. The van der Waals surface area contributed by atoms with Gasteiger partial charge in [0.1, 0.15) is 6.04 Å². The molecule has 0 saturated carbocycles. The molecule has 7 nitrogen and oxygen atoms in total. The Hall–Kier alpha value is -1.93. The summed E-state index contributed by atoms with van der Waals surface area (Å²) in [6.45, 7) is 10.8. The second-order valence-electron chi connectivity index (χ2n) is 7.42. The summed E-state index contributed by atoms with van der Waals surface area (Å²) in [5.74, 6) is -0.689. The van der Waals surface area contributed by atoms with Gasteiger partial charge in [0, 0.05) is 18.5 Å². The van der Waals surface area contributed by atoms with Crippen molar-refractivity contribution in [2.24, 2.45) is 0 Å². The maximum absolute atomic E-state index is 12.3. The lowest BCUT2D eigenvalue weighted by Crippen LogP contribution is -2.51. The number of rotatable bonds is 7. The fraction of sp³-hybridized carbons (Fsp3) is 0.556. The van der Waals surface area contributed by atoms with E-state index >= 15 is 0 Å². The van der Waals surface area contributed by atoms with Gasteiger partial charge < -0.3 is 10.6 Å². The van der Waals surface area contributed by atoms with E-state index in [1.165, 1.54) is 6.07 Å². The van der Waals surface area contributed by atoms with E-state index in [2.05, 4.69) is 15.4 Å². The Morgan fingerprint density at radius 3 is 2.27 bits per heavy atom. The van der Waals surface area contributed by atoms with Crippen LogP contribution in [0.15, 0.2) is 23.1 Å². The van der Waals surface area contributed by atoms with Crippen LogP contribution in [0.4, 0.5) is 0 Å². The van der Waals surface area contributed by atoms with Crippen LogP contribution >= 0.6 is 0 Å². The van der Waals surface area contributed by atoms with E-state index in [0.29, 0.717) is 0 Å². The van der Waals surface area contributed by atoms with Gasteiger partial charge in [0.05, 0.1) is 4.90 Å². The molecule has 2 amide bonds. The zero-order valence-electron chi connectivity index (χ0n) is 16.3. The molecule has 146 valence electrons. The average molecular weight is 384 g/mol. The van der Waals surface area contributed by atoms with Gasteiger partial charge in [-0.1, -0.05) is 6.07 Å². The first-order chi connectivity index (χ1) is 11.8. The molecule has 0 aliphatic rings. The SMILES string of the molecule is Cc1ccc(S(=O)(=O)NCCC(=O)NC(C)C(=O)NC(C)(C)C)cc1C. The number of amides is 2. The lowest BCUT2D eigenvalue weighted by Gasteiger charge is -2.23. The van der Waals surface area contributed by atoms with Crippen molar-refractivity contribution in [1.29, 1.82) is 0 Å². The molecule has 1 aromatic rings. The molecule has 0 aromatic heterocycles. The number of aryl methyl sites for hydroxylation is 2. The van der Waals surface area contributed by atoms with Gasteiger partial charge in [-0.2, -0.15) is 0 Å². The van der Waals surface area contributed by atoms with Crippen LogP contribution in [0.2, 0.25) is 0 Å². The smallest absolute Gasteiger partial charge is 0.242 e. The minimum atomic E-state index is -3.67. The molecule has 0 heterocycles. The van der Waals surface area contributed by atoms with Crippen LogP contribution in [0.1, 0.15) is 45.2 Å². The zero-order chi connectivity index (χ0) is 20.1. The number of sulfonamides is 1. The van der Waals surface area contributed by atoms with Crippen molar-refractivity contribution in [2.75, 3.05) is 6.54 Å². The van der Waals surface area contributed by atoms with E-state index < -0.39 is 27.5 Å². The highest BCUT2D eigenvalue weighted by Gasteiger charge is 2.21. The summed E-state index contributed by atoms with van der Waals surface area (Å²) in [6, 6.07) is 4.17. The molecule has 0 saturated heterocycles. The summed E-state index contributed by atoms with van der Waals surface area (Å²) in [6.07, 6.45) is -0.0583. The molecule has 1 aromatic carbocycles. The number of hydrogen-bond donors (Lipinski definition) is 3. The lowest BCUT2D eigenvalue weighted by molar-refractivity contribution is -0.129. The van der Waals surface area contributed by atoms with Crippen molar-refractivity contribution < 1.29 is 18.0 Å². The highest BCUT2D eigenvalue weighted by atomic mass is 32.2. The third-order valence-corrected chi connectivity index (χ3v) is 5.16. The van der Waals surface area contributed by atoms with Crippen LogP contribution in [-0.2, 0) is 19.6 Å².